The SMILES string of the molecule is CC(C)C(C)(C)CNC(=O)c1cccc(C#N)n1. The van der Waals surface area contributed by atoms with Gasteiger partial charge in [-0.3, -0.25) is 4.79 Å². The van der Waals surface area contributed by atoms with Crippen molar-refractivity contribution >= 4 is 5.91 Å². The number of hydrogen-bond acceptors (Lipinski definition) is 3. The molecule has 18 heavy (non-hydrogen) atoms. The third-order valence-corrected chi connectivity index (χ3v) is 3.36. The van der Waals surface area contributed by atoms with Crippen molar-refractivity contribution in [3.8, 4) is 6.07 Å². The summed E-state index contributed by atoms with van der Waals surface area (Å²) >= 11 is 0. The minimum Gasteiger partial charge on any atom is -0.350 e. The van der Waals surface area contributed by atoms with Gasteiger partial charge in [0.1, 0.15) is 17.5 Å². The van der Waals surface area contributed by atoms with Gasteiger partial charge in [-0.25, -0.2) is 4.98 Å². The number of hydrogen-bond donors (Lipinski definition) is 1. The number of pyridine rings is 1. The Morgan fingerprint density at radius 3 is 2.72 bits per heavy atom. The van der Waals surface area contributed by atoms with Crippen LogP contribution in [0.3, 0.4) is 0 Å². The molecule has 0 aliphatic rings. The van der Waals surface area contributed by atoms with Crippen LogP contribution in [-0.2, 0) is 0 Å². The first kappa shape index (κ1) is 14.2. The van der Waals surface area contributed by atoms with E-state index in [0.29, 0.717) is 12.5 Å². The molecular weight excluding hydrogens is 226 g/mol. The molecule has 1 amide bonds. The Labute approximate surface area is 108 Å². The molecule has 0 saturated heterocycles. The Kier molecular flexibility index (Phi) is 4.43. The number of aromatic nitrogens is 1. The van der Waals surface area contributed by atoms with Crippen LogP contribution in [-0.4, -0.2) is 17.4 Å². The summed E-state index contributed by atoms with van der Waals surface area (Å²) in [5.41, 5.74) is 0.571. The standard InChI is InChI=1S/C14H19N3O/c1-10(2)14(3,4)9-16-13(18)12-7-5-6-11(8-15)17-12/h5-7,10H,9H2,1-4H3,(H,16,18). The summed E-state index contributed by atoms with van der Waals surface area (Å²) in [6.07, 6.45) is 0. The van der Waals surface area contributed by atoms with Gasteiger partial charge in [0.15, 0.2) is 0 Å². The molecule has 0 saturated carbocycles. The summed E-state index contributed by atoms with van der Waals surface area (Å²) in [5.74, 6) is 0.233. The van der Waals surface area contributed by atoms with Gasteiger partial charge in [-0.15, -0.1) is 0 Å². The molecule has 0 radical (unpaired) electrons. The van der Waals surface area contributed by atoms with Crippen molar-refractivity contribution in [2.45, 2.75) is 27.7 Å². The van der Waals surface area contributed by atoms with E-state index >= 15 is 0 Å². The van der Waals surface area contributed by atoms with Crippen LogP contribution < -0.4 is 5.32 Å². The van der Waals surface area contributed by atoms with Gasteiger partial charge in [-0.1, -0.05) is 33.8 Å². The van der Waals surface area contributed by atoms with Gasteiger partial charge in [-0.2, -0.15) is 5.26 Å². The van der Waals surface area contributed by atoms with Crippen molar-refractivity contribution in [3.05, 3.63) is 29.6 Å². The minimum atomic E-state index is -0.235. The lowest BCUT2D eigenvalue weighted by Gasteiger charge is -2.29. The molecule has 1 aromatic heterocycles. The lowest BCUT2D eigenvalue weighted by molar-refractivity contribution is 0.0919. The van der Waals surface area contributed by atoms with Crippen LogP contribution in [0.4, 0.5) is 0 Å². The maximum atomic E-state index is 11.9. The van der Waals surface area contributed by atoms with E-state index in [1.165, 1.54) is 0 Å². The van der Waals surface area contributed by atoms with E-state index in [0.717, 1.165) is 0 Å². The third-order valence-electron chi connectivity index (χ3n) is 3.36. The zero-order valence-electron chi connectivity index (χ0n) is 11.3. The zero-order chi connectivity index (χ0) is 13.8. The smallest absolute Gasteiger partial charge is 0.269 e. The molecule has 96 valence electrons. The van der Waals surface area contributed by atoms with Crippen LogP contribution in [0.5, 0.6) is 0 Å². The highest BCUT2D eigenvalue weighted by atomic mass is 16.1. The Morgan fingerprint density at radius 1 is 1.50 bits per heavy atom. The fraction of sp³-hybridized carbons (Fsp3) is 0.500. The molecule has 4 nitrogen and oxygen atoms in total. The highest BCUT2D eigenvalue weighted by Gasteiger charge is 2.23. The Morgan fingerprint density at radius 2 is 2.17 bits per heavy atom. The highest BCUT2D eigenvalue weighted by molar-refractivity contribution is 5.92. The first-order chi connectivity index (χ1) is 8.36. The van der Waals surface area contributed by atoms with Crippen LogP contribution in [0.25, 0.3) is 0 Å². The van der Waals surface area contributed by atoms with Crippen molar-refractivity contribution in [1.82, 2.24) is 10.3 Å². The molecule has 0 fully saturated rings. The highest BCUT2D eigenvalue weighted by Crippen LogP contribution is 2.24. The van der Waals surface area contributed by atoms with Crippen molar-refractivity contribution in [2.24, 2.45) is 11.3 Å². The second kappa shape index (κ2) is 5.63. The molecule has 1 heterocycles. The van der Waals surface area contributed by atoms with E-state index in [1.807, 2.05) is 6.07 Å². The van der Waals surface area contributed by atoms with Crippen molar-refractivity contribution in [1.29, 1.82) is 5.26 Å². The lowest BCUT2D eigenvalue weighted by atomic mass is 9.81. The molecule has 4 heteroatoms. The monoisotopic (exact) mass is 245 g/mol. The molecule has 0 spiro atoms. The first-order valence-corrected chi connectivity index (χ1v) is 6.02. The van der Waals surface area contributed by atoms with Gasteiger partial charge in [0.25, 0.3) is 5.91 Å². The fourth-order valence-electron chi connectivity index (χ4n) is 1.23. The Balaban J connectivity index is 2.69. The van der Waals surface area contributed by atoms with Crippen LogP contribution in [0.2, 0.25) is 0 Å². The van der Waals surface area contributed by atoms with Crippen LogP contribution in [0.1, 0.15) is 43.9 Å². The average molecular weight is 245 g/mol. The minimum absolute atomic E-state index is 0.0303. The van der Waals surface area contributed by atoms with Crippen molar-refractivity contribution in [3.63, 3.8) is 0 Å². The second-order valence-electron chi connectivity index (χ2n) is 5.35. The Bertz CT molecular complexity index is 472. The maximum Gasteiger partial charge on any atom is 0.269 e. The summed E-state index contributed by atoms with van der Waals surface area (Å²) in [7, 11) is 0. The van der Waals surface area contributed by atoms with E-state index in [1.54, 1.807) is 18.2 Å². The van der Waals surface area contributed by atoms with Crippen molar-refractivity contribution in [2.75, 3.05) is 6.54 Å². The maximum absolute atomic E-state index is 11.9. The van der Waals surface area contributed by atoms with Gasteiger partial charge in [0, 0.05) is 6.54 Å². The lowest BCUT2D eigenvalue weighted by Crippen LogP contribution is -2.37. The van der Waals surface area contributed by atoms with Crippen LogP contribution >= 0.6 is 0 Å². The molecule has 1 rings (SSSR count). The molecule has 1 N–H and O–H groups in total. The number of carbonyl (C=O) groups is 1. The van der Waals surface area contributed by atoms with E-state index in [2.05, 4.69) is 38.0 Å². The number of nitriles is 1. The van der Waals surface area contributed by atoms with E-state index in [9.17, 15) is 4.79 Å². The van der Waals surface area contributed by atoms with E-state index in [-0.39, 0.29) is 22.7 Å². The number of rotatable bonds is 4. The summed E-state index contributed by atoms with van der Waals surface area (Å²) in [6, 6.07) is 6.77. The Hall–Kier alpha value is -1.89. The van der Waals surface area contributed by atoms with Crippen molar-refractivity contribution < 1.29 is 4.79 Å². The normalized spacial score (nSPS) is 11.1. The topological polar surface area (TPSA) is 65.8 Å². The molecule has 0 unspecified atom stereocenters. The summed E-state index contributed by atoms with van der Waals surface area (Å²) in [4.78, 5) is 15.9. The van der Waals surface area contributed by atoms with E-state index in [4.69, 9.17) is 5.26 Å². The number of carbonyl (C=O) groups excluding carboxylic acids is 1. The molecule has 1 aromatic rings. The molecule has 0 aromatic carbocycles. The quantitative estimate of drug-likeness (QED) is 0.885. The van der Waals surface area contributed by atoms with Crippen LogP contribution in [0, 0.1) is 22.7 Å². The average Bonchev–Trinajstić information content (AvgIpc) is 2.36. The predicted octanol–water partition coefficient (Wildman–Crippen LogP) is 2.37. The number of nitrogens with one attached hydrogen (secondary N) is 1. The largest absolute Gasteiger partial charge is 0.350 e. The fourth-order valence-corrected chi connectivity index (χ4v) is 1.23. The molecule has 0 aliphatic heterocycles. The summed E-state index contributed by atoms with van der Waals surface area (Å²) in [6.45, 7) is 9.05. The molecule has 0 atom stereocenters. The molecular formula is C14H19N3O. The summed E-state index contributed by atoms with van der Waals surface area (Å²) < 4.78 is 0. The van der Waals surface area contributed by atoms with E-state index < -0.39 is 0 Å². The van der Waals surface area contributed by atoms with Gasteiger partial charge in [0.05, 0.1) is 0 Å². The van der Waals surface area contributed by atoms with Gasteiger partial charge in [-0.05, 0) is 23.5 Å². The number of nitrogens with zero attached hydrogens (tertiary/aromatic N) is 2. The molecule has 0 bridgehead atoms. The third kappa shape index (κ3) is 3.56. The molecule has 0 aliphatic carbocycles. The van der Waals surface area contributed by atoms with Gasteiger partial charge < -0.3 is 5.32 Å². The first-order valence-electron chi connectivity index (χ1n) is 6.02. The van der Waals surface area contributed by atoms with Gasteiger partial charge >= 0.3 is 0 Å². The zero-order valence-corrected chi connectivity index (χ0v) is 11.3. The van der Waals surface area contributed by atoms with Gasteiger partial charge in [0.2, 0.25) is 0 Å². The second-order valence-corrected chi connectivity index (χ2v) is 5.35. The predicted molar refractivity (Wildman–Crippen MR) is 69.9 cm³/mol. The van der Waals surface area contributed by atoms with Crippen LogP contribution in [0.15, 0.2) is 18.2 Å². The summed E-state index contributed by atoms with van der Waals surface area (Å²) in [5, 5.41) is 11.6. The number of amides is 1.